The summed E-state index contributed by atoms with van der Waals surface area (Å²) in [6.45, 7) is 4.33. The fourth-order valence-electron chi connectivity index (χ4n) is 4.52. The van der Waals surface area contributed by atoms with Gasteiger partial charge in [-0.1, -0.05) is 37.1 Å². The number of hydrogen-bond donors (Lipinski definition) is 1. The first-order valence-corrected chi connectivity index (χ1v) is 10.3. The van der Waals surface area contributed by atoms with Crippen molar-refractivity contribution >= 4 is 23.4 Å². The Morgan fingerprint density at radius 3 is 2.31 bits per heavy atom. The first kappa shape index (κ1) is 19.4. The number of fused-ring (bicyclic) bond motifs is 1. The molecule has 1 aliphatic heterocycles. The van der Waals surface area contributed by atoms with Gasteiger partial charge in [-0.3, -0.25) is 19.3 Å². The Morgan fingerprint density at radius 1 is 0.966 bits per heavy atom. The van der Waals surface area contributed by atoms with E-state index >= 15 is 0 Å². The van der Waals surface area contributed by atoms with E-state index in [0.717, 1.165) is 42.5 Å². The molecule has 1 fully saturated rings. The molecule has 2 unspecified atom stereocenters. The second kappa shape index (κ2) is 7.82. The van der Waals surface area contributed by atoms with Crippen molar-refractivity contribution < 1.29 is 14.4 Å². The molecule has 2 aromatic carbocycles. The lowest BCUT2D eigenvalue weighted by atomic mass is 9.78. The summed E-state index contributed by atoms with van der Waals surface area (Å²) in [5, 5.41) is 3.09. The van der Waals surface area contributed by atoms with Gasteiger partial charge in [0, 0.05) is 18.2 Å². The molecule has 4 rings (SSSR count). The average Bonchev–Trinajstić information content (AvgIpc) is 2.97. The van der Waals surface area contributed by atoms with Crippen molar-refractivity contribution in [1.82, 2.24) is 4.90 Å². The molecular formula is C24H26N2O3. The van der Waals surface area contributed by atoms with E-state index in [-0.39, 0.29) is 29.6 Å². The summed E-state index contributed by atoms with van der Waals surface area (Å²) in [7, 11) is 0. The van der Waals surface area contributed by atoms with E-state index in [1.165, 1.54) is 4.90 Å². The molecule has 0 saturated heterocycles. The van der Waals surface area contributed by atoms with Gasteiger partial charge in [-0.15, -0.1) is 0 Å². The maximum Gasteiger partial charge on any atom is 0.261 e. The van der Waals surface area contributed by atoms with Gasteiger partial charge in [-0.2, -0.15) is 0 Å². The summed E-state index contributed by atoms with van der Waals surface area (Å²) in [5.74, 6) is -0.723. The minimum atomic E-state index is -0.245. The molecule has 0 spiro atoms. The minimum absolute atomic E-state index is 0.0139. The highest BCUT2D eigenvalue weighted by atomic mass is 16.2. The molecule has 1 saturated carbocycles. The van der Waals surface area contributed by atoms with Crippen molar-refractivity contribution in [3.05, 3.63) is 64.7 Å². The van der Waals surface area contributed by atoms with Crippen LogP contribution in [0.2, 0.25) is 0 Å². The maximum absolute atomic E-state index is 13.1. The van der Waals surface area contributed by atoms with Crippen LogP contribution in [0.15, 0.2) is 42.5 Å². The van der Waals surface area contributed by atoms with Gasteiger partial charge in [0.15, 0.2) is 0 Å². The second-order valence-corrected chi connectivity index (χ2v) is 8.15. The van der Waals surface area contributed by atoms with Gasteiger partial charge in [0.2, 0.25) is 5.91 Å². The Balaban J connectivity index is 1.51. The van der Waals surface area contributed by atoms with E-state index in [1.54, 1.807) is 24.3 Å². The summed E-state index contributed by atoms with van der Waals surface area (Å²) in [5.41, 5.74) is 3.96. The third-order valence-electron chi connectivity index (χ3n) is 6.40. The van der Waals surface area contributed by atoms with Crippen LogP contribution in [0.3, 0.4) is 0 Å². The molecule has 0 radical (unpaired) electrons. The molecule has 3 amide bonds. The minimum Gasteiger partial charge on any atom is -0.326 e. The fraction of sp³-hybridized carbons (Fsp3) is 0.375. The molecule has 2 atom stereocenters. The van der Waals surface area contributed by atoms with Crippen molar-refractivity contribution in [3.63, 3.8) is 0 Å². The monoisotopic (exact) mass is 390 g/mol. The zero-order valence-electron chi connectivity index (χ0n) is 16.9. The lowest BCUT2D eigenvalue weighted by Crippen LogP contribution is -2.41. The molecule has 5 nitrogen and oxygen atoms in total. The number of amides is 3. The van der Waals surface area contributed by atoms with Crippen molar-refractivity contribution in [1.29, 1.82) is 0 Å². The molecule has 1 N–H and O–H groups in total. The standard InChI is InChI=1S/C24H26N2O3/c1-15-8-7-13-21(16(15)2)25-22(27)18-10-4-3-9-17(18)14-26-23(28)19-11-5-6-12-20(19)24(26)29/h5-8,11-13,17-18H,3-4,9-10,14H2,1-2H3,(H,25,27). The Morgan fingerprint density at radius 2 is 1.62 bits per heavy atom. The fourth-order valence-corrected chi connectivity index (χ4v) is 4.52. The molecule has 1 aliphatic carbocycles. The van der Waals surface area contributed by atoms with Crippen molar-refractivity contribution in [2.24, 2.45) is 11.8 Å². The van der Waals surface area contributed by atoms with E-state index in [4.69, 9.17) is 0 Å². The quantitative estimate of drug-likeness (QED) is 0.790. The van der Waals surface area contributed by atoms with E-state index in [2.05, 4.69) is 5.32 Å². The number of hydrogen-bond acceptors (Lipinski definition) is 3. The van der Waals surface area contributed by atoms with E-state index in [9.17, 15) is 14.4 Å². The zero-order chi connectivity index (χ0) is 20.5. The number of benzene rings is 2. The number of rotatable bonds is 4. The van der Waals surface area contributed by atoms with Gasteiger partial charge in [-0.25, -0.2) is 0 Å². The summed E-state index contributed by atoms with van der Waals surface area (Å²) in [4.78, 5) is 39.9. The molecule has 0 aromatic heterocycles. The highest BCUT2D eigenvalue weighted by Gasteiger charge is 2.40. The topological polar surface area (TPSA) is 66.5 Å². The van der Waals surface area contributed by atoms with Crippen LogP contribution < -0.4 is 5.32 Å². The van der Waals surface area contributed by atoms with E-state index < -0.39 is 0 Å². The molecule has 29 heavy (non-hydrogen) atoms. The first-order valence-electron chi connectivity index (χ1n) is 10.3. The number of anilines is 1. The van der Waals surface area contributed by atoms with Crippen molar-refractivity contribution in [3.8, 4) is 0 Å². The van der Waals surface area contributed by atoms with Crippen LogP contribution >= 0.6 is 0 Å². The average molecular weight is 390 g/mol. The summed E-state index contributed by atoms with van der Waals surface area (Å²) < 4.78 is 0. The molecule has 2 aromatic rings. The third-order valence-corrected chi connectivity index (χ3v) is 6.40. The Labute approximate surface area is 171 Å². The lowest BCUT2D eigenvalue weighted by Gasteiger charge is -2.33. The van der Waals surface area contributed by atoms with Crippen molar-refractivity contribution in [2.75, 3.05) is 11.9 Å². The van der Waals surface area contributed by atoms with Gasteiger partial charge in [0.25, 0.3) is 11.8 Å². The highest BCUT2D eigenvalue weighted by molar-refractivity contribution is 6.21. The second-order valence-electron chi connectivity index (χ2n) is 8.15. The van der Waals surface area contributed by atoms with Crippen LogP contribution in [0, 0.1) is 25.7 Å². The molecule has 2 aliphatic rings. The lowest BCUT2D eigenvalue weighted by molar-refractivity contribution is -0.122. The number of imide groups is 1. The van der Waals surface area contributed by atoms with E-state index in [0.29, 0.717) is 17.7 Å². The normalized spacial score (nSPS) is 21.2. The molecule has 0 bridgehead atoms. The van der Waals surface area contributed by atoms with E-state index in [1.807, 2.05) is 32.0 Å². The van der Waals surface area contributed by atoms with Crippen LogP contribution in [-0.4, -0.2) is 29.2 Å². The number of carbonyl (C=O) groups is 3. The van der Waals surface area contributed by atoms with Crippen molar-refractivity contribution in [2.45, 2.75) is 39.5 Å². The zero-order valence-corrected chi connectivity index (χ0v) is 16.9. The maximum atomic E-state index is 13.1. The third kappa shape index (κ3) is 3.57. The SMILES string of the molecule is Cc1cccc(NC(=O)C2CCCCC2CN2C(=O)c3ccccc3C2=O)c1C. The number of nitrogens with zero attached hydrogens (tertiary/aromatic N) is 1. The Hall–Kier alpha value is -2.95. The molecule has 1 heterocycles. The first-order chi connectivity index (χ1) is 14.0. The van der Waals surface area contributed by atoms with Crippen LogP contribution in [0.4, 0.5) is 5.69 Å². The van der Waals surface area contributed by atoms with Crippen LogP contribution in [-0.2, 0) is 4.79 Å². The smallest absolute Gasteiger partial charge is 0.261 e. The van der Waals surface area contributed by atoms with Gasteiger partial charge >= 0.3 is 0 Å². The summed E-state index contributed by atoms with van der Waals surface area (Å²) in [6, 6.07) is 12.8. The van der Waals surface area contributed by atoms with Crippen LogP contribution in [0.1, 0.15) is 57.5 Å². The number of aryl methyl sites for hydroxylation is 1. The van der Waals surface area contributed by atoms with Gasteiger partial charge in [0.05, 0.1) is 11.1 Å². The summed E-state index contributed by atoms with van der Waals surface area (Å²) >= 11 is 0. The van der Waals surface area contributed by atoms with Crippen LogP contribution in [0.25, 0.3) is 0 Å². The van der Waals surface area contributed by atoms with Crippen LogP contribution in [0.5, 0.6) is 0 Å². The molecular weight excluding hydrogens is 364 g/mol. The number of nitrogens with one attached hydrogen (secondary N) is 1. The van der Waals surface area contributed by atoms with Gasteiger partial charge in [-0.05, 0) is 61.9 Å². The molecule has 150 valence electrons. The van der Waals surface area contributed by atoms with Gasteiger partial charge < -0.3 is 5.32 Å². The molecule has 5 heteroatoms. The largest absolute Gasteiger partial charge is 0.326 e. The Bertz CT molecular complexity index is 947. The van der Waals surface area contributed by atoms with Gasteiger partial charge in [0.1, 0.15) is 0 Å². The predicted molar refractivity (Wildman–Crippen MR) is 112 cm³/mol. The highest BCUT2D eigenvalue weighted by Crippen LogP contribution is 2.34. The number of carbonyl (C=O) groups excluding carboxylic acids is 3. The summed E-state index contributed by atoms with van der Waals surface area (Å²) in [6.07, 6.45) is 3.63. The predicted octanol–water partition coefficient (Wildman–Crippen LogP) is 4.34. The Kier molecular flexibility index (Phi) is 5.22.